The van der Waals surface area contributed by atoms with E-state index in [0.717, 1.165) is 22.0 Å². The Morgan fingerprint density at radius 1 is 1.35 bits per heavy atom. The van der Waals surface area contributed by atoms with Crippen LogP contribution < -0.4 is 5.32 Å². The number of thiazole rings is 2. The zero-order valence-corrected chi connectivity index (χ0v) is 13.8. The van der Waals surface area contributed by atoms with Crippen LogP contribution in [0.2, 0.25) is 0 Å². The van der Waals surface area contributed by atoms with Crippen molar-refractivity contribution in [3.63, 3.8) is 0 Å². The van der Waals surface area contributed by atoms with Gasteiger partial charge in [0.15, 0.2) is 0 Å². The van der Waals surface area contributed by atoms with Crippen molar-refractivity contribution >= 4 is 28.6 Å². The third-order valence-electron chi connectivity index (χ3n) is 3.00. The molecule has 0 bridgehead atoms. The maximum Gasteiger partial charge on any atom is 0.271 e. The van der Waals surface area contributed by atoms with Crippen molar-refractivity contribution in [2.45, 2.75) is 46.1 Å². The molecular formula is C14H19N3OS2. The van der Waals surface area contributed by atoms with Crippen LogP contribution in [0.15, 0.2) is 10.9 Å². The molecule has 0 saturated carbocycles. The van der Waals surface area contributed by atoms with E-state index in [9.17, 15) is 4.79 Å². The first kappa shape index (κ1) is 15.1. The van der Waals surface area contributed by atoms with Gasteiger partial charge in [-0.25, -0.2) is 9.97 Å². The molecule has 1 unspecified atom stereocenters. The van der Waals surface area contributed by atoms with Crippen LogP contribution in [0.25, 0.3) is 0 Å². The number of nitrogens with one attached hydrogen (secondary N) is 1. The van der Waals surface area contributed by atoms with E-state index >= 15 is 0 Å². The van der Waals surface area contributed by atoms with Crippen molar-refractivity contribution in [1.29, 1.82) is 0 Å². The summed E-state index contributed by atoms with van der Waals surface area (Å²) < 4.78 is 0. The summed E-state index contributed by atoms with van der Waals surface area (Å²) in [5.41, 5.74) is 3.19. The fraction of sp³-hybridized carbons (Fsp3) is 0.500. The summed E-state index contributed by atoms with van der Waals surface area (Å²) in [6.45, 7) is 8.17. The number of aryl methyl sites for hydroxylation is 1. The SMILES string of the molecule is CCc1nc(C(C)NC(=O)c2ncsc2C(C)C)cs1. The lowest BCUT2D eigenvalue weighted by atomic mass is 10.1. The lowest BCUT2D eigenvalue weighted by Gasteiger charge is -2.12. The molecule has 0 saturated heterocycles. The molecule has 2 aromatic heterocycles. The van der Waals surface area contributed by atoms with Crippen molar-refractivity contribution in [3.8, 4) is 0 Å². The normalized spacial score (nSPS) is 12.7. The van der Waals surface area contributed by atoms with Crippen LogP contribution in [0.3, 0.4) is 0 Å². The highest BCUT2D eigenvalue weighted by molar-refractivity contribution is 7.10. The van der Waals surface area contributed by atoms with Gasteiger partial charge in [0, 0.05) is 10.3 Å². The maximum atomic E-state index is 12.3. The Balaban J connectivity index is 2.09. The van der Waals surface area contributed by atoms with Gasteiger partial charge in [-0.05, 0) is 19.3 Å². The zero-order chi connectivity index (χ0) is 14.7. The maximum absolute atomic E-state index is 12.3. The van der Waals surface area contributed by atoms with Gasteiger partial charge < -0.3 is 5.32 Å². The van der Waals surface area contributed by atoms with E-state index in [0.29, 0.717) is 11.6 Å². The highest BCUT2D eigenvalue weighted by atomic mass is 32.1. The van der Waals surface area contributed by atoms with Crippen LogP contribution in [0.1, 0.15) is 65.7 Å². The molecule has 0 radical (unpaired) electrons. The largest absolute Gasteiger partial charge is 0.343 e. The first-order valence-electron chi connectivity index (χ1n) is 6.71. The molecule has 108 valence electrons. The number of aromatic nitrogens is 2. The smallest absolute Gasteiger partial charge is 0.271 e. The van der Waals surface area contributed by atoms with Gasteiger partial charge >= 0.3 is 0 Å². The Hall–Kier alpha value is -1.27. The fourth-order valence-electron chi connectivity index (χ4n) is 1.86. The molecular weight excluding hydrogens is 290 g/mol. The molecule has 0 spiro atoms. The summed E-state index contributed by atoms with van der Waals surface area (Å²) >= 11 is 3.17. The highest BCUT2D eigenvalue weighted by Gasteiger charge is 2.20. The number of nitrogens with zero attached hydrogens (tertiary/aromatic N) is 2. The van der Waals surface area contributed by atoms with Crippen molar-refractivity contribution < 1.29 is 4.79 Å². The van der Waals surface area contributed by atoms with Crippen molar-refractivity contribution in [2.24, 2.45) is 0 Å². The van der Waals surface area contributed by atoms with Crippen LogP contribution in [-0.4, -0.2) is 15.9 Å². The summed E-state index contributed by atoms with van der Waals surface area (Å²) in [6, 6.07) is -0.0965. The van der Waals surface area contributed by atoms with Crippen LogP contribution in [0, 0.1) is 0 Å². The molecule has 0 aliphatic carbocycles. The summed E-state index contributed by atoms with van der Waals surface area (Å²) in [7, 11) is 0. The van der Waals surface area contributed by atoms with E-state index in [-0.39, 0.29) is 11.9 Å². The topological polar surface area (TPSA) is 54.9 Å². The van der Waals surface area contributed by atoms with E-state index in [1.54, 1.807) is 16.8 Å². The summed E-state index contributed by atoms with van der Waals surface area (Å²) in [5, 5.41) is 6.08. The predicted molar refractivity (Wildman–Crippen MR) is 83.6 cm³/mol. The van der Waals surface area contributed by atoms with E-state index < -0.39 is 0 Å². The first-order chi connectivity index (χ1) is 9.52. The molecule has 6 heteroatoms. The first-order valence-corrected chi connectivity index (χ1v) is 8.47. The van der Waals surface area contributed by atoms with Crippen LogP contribution >= 0.6 is 22.7 Å². The standard InChI is InChI=1S/C14H19N3OS2/c1-5-11-17-10(6-19-11)9(4)16-14(18)12-13(8(2)3)20-7-15-12/h6-9H,5H2,1-4H3,(H,16,18). The quantitative estimate of drug-likeness (QED) is 0.914. The minimum absolute atomic E-state index is 0.0965. The molecule has 0 fully saturated rings. The average molecular weight is 309 g/mol. The van der Waals surface area contributed by atoms with Gasteiger partial charge in [-0.1, -0.05) is 20.8 Å². The number of amides is 1. The van der Waals surface area contributed by atoms with Crippen molar-refractivity contribution in [2.75, 3.05) is 0 Å². The Bertz CT molecular complexity index is 589. The van der Waals surface area contributed by atoms with Crippen LogP contribution in [0.5, 0.6) is 0 Å². The van der Waals surface area contributed by atoms with Gasteiger partial charge in [-0.15, -0.1) is 22.7 Å². The third kappa shape index (κ3) is 3.24. The number of rotatable bonds is 5. The molecule has 20 heavy (non-hydrogen) atoms. The highest BCUT2D eigenvalue weighted by Crippen LogP contribution is 2.24. The van der Waals surface area contributed by atoms with E-state index in [4.69, 9.17) is 0 Å². The fourth-order valence-corrected chi connectivity index (χ4v) is 3.50. The lowest BCUT2D eigenvalue weighted by Crippen LogP contribution is -2.28. The second kappa shape index (κ2) is 6.45. The minimum Gasteiger partial charge on any atom is -0.343 e. The Kier molecular flexibility index (Phi) is 4.88. The van der Waals surface area contributed by atoms with E-state index in [2.05, 4.69) is 36.1 Å². The molecule has 4 nitrogen and oxygen atoms in total. The number of hydrogen-bond acceptors (Lipinski definition) is 5. The van der Waals surface area contributed by atoms with Gasteiger partial charge in [0.1, 0.15) is 5.69 Å². The van der Waals surface area contributed by atoms with Gasteiger partial charge in [0.25, 0.3) is 5.91 Å². The molecule has 1 atom stereocenters. The van der Waals surface area contributed by atoms with Gasteiger partial charge in [-0.3, -0.25) is 4.79 Å². The molecule has 2 heterocycles. The molecule has 2 rings (SSSR count). The molecule has 1 N–H and O–H groups in total. The van der Waals surface area contributed by atoms with Crippen LogP contribution in [-0.2, 0) is 6.42 Å². The molecule has 0 aromatic carbocycles. The average Bonchev–Trinajstić information content (AvgIpc) is 3.07. The van der Waals surface area contributed by atoms with Gasteiger partial charge in [0.05, 0.1) is 22.3 Å². The Labute approximate surface area is 127 Å². The predicted octanol–water partition coefficient (Wildman–Crippen LogP) is 3.78. The molecule has 2 aromatic rings. The summed E-state index contributed by atoms with van der Waals surface area (Å²) in [4.78, 5) is 22.0. The zero-order valence-electron chi connectivity index (χ0n) is 12.1. The molecule has 1 amide bonds. The second-order valence-electron chi connectivity index (χ2n) is 4.93. The molecule has 0 aliphatic heterocycles. The van der Waals surface area contributed by atoms with Crippen molar-refractivity contribution in [1.82, 2.24) is 15.3 Å². The van der Waals surface area contributed by atoms with Crippen molar-refractivity contribution in [3.05, 3.63) is 32.2 Å². The Morgan fingerprint density at radius 2 is 2.10 bits per heavy atom. The number of carbonyl (C=O) groups is 1. The summed E-state index contributed by atoms with van der Waals surface area (Å²) in [6.07, 6.45) is 0.926. The van der Waals surface area contributed by atoms with Gasteiger partial charge in [0.2, 0.25) is 0 Å². The third-order valence-corrected chi connectivity index (χ3v) is 5.14. The number of hydrogen-bond donors (Lipinski definition) is 1. The lowest BCUT2D eigenvalue weighted by molar-refractivity contribution is 0.0933. The second-order valence-corrected chi connectivity index (χ2v) is 6.76. The van der Waals surface area contributed by atoms with Gasteiger partial charge in [-0.2, -0.15) is 0 Å². The van der Waals surface area contributed by atoms with Crippen LogP contribution in [0.4, 0.5) is 0 Å². The number of carbonyl (C=O) groups excluding carboxylic acids is 1. The Morgan fingerprint density at radius 3 is 2.70 bits per heavy atom. The monoisotopic (exact) mass is 309 g/mol. The van der Waals surface area contributed by atoms with E-state index in [1.807, 2.05) is 12.3 Å². The minimum atomic E-state index is -0.117. The molecule has 0 aliphatic rings. The summed E-state index contributed by atoms with van der Waals surface area (Å²) in [5.74, 6) is 0.193. The van der Waals surface area contributed by atoms with E-state index in [1.165, 1.54) is 11.3 Å².